The highest BCUT2D eigenvalue weighted by Crippen LogP contribution is 2.22. The minimum atomic E-state index is 0.0631. The quantitative estimate of drug-likeness (QED) is 0.445. The lowest BCUT2D eigenvalue weighted by molar-refractivity contribution is -0.120. The maximum Gasteiger partial charge on any atom is 0.220 e. The maximum atomic E-state index is 12.3. The van der Waals surface area contributed by atoms with E-state index < -0.39 is 0 Å². The van der Waals surface area contributed by atoms with Crippen LogP contribution in [0.1, 0.15) is 29.1 Å². The third kappa shape index (κ3) is 4.29. The van der Waals surface area contributed by atoms with Crippen LogP contribution < -0.4 is 5.32 Å². The van der Waals surface area contributed by atoms with Crippen molar-refractivity contribution in [3.63, 3.8) is 0 Å². The van der Waals surface area contributed by atoms with Gasteiger partial charge in [0.15, 0.2) is 5.65 Å². The van der Waals surface area contributed by atoms with E-state index in [1.807, 2.05) is 54.8 Å². The number of hydrogen-bond donors (Lipinski definition) is 1. The number of thioether (sulfide) groups is 1. The van der Waals surface area contributed by atoms with Gasteiger partial charge in [-0.1, -0.05) is 12.1 Å². The Hall–Kier alpha value is -2.80. The van der Waals surface area contributed by atoms with Gasteiger partial charge < -0.3 is 9.73 Å². The SMILES string of the molecule is Cc1nc2c3ccccc3nn2c(C)c1CCC(=O)NCCSCc1ccco1. The Morgan fingerprint density at radius 1 is 1.21 bits per heavy atom. The molecule has 6 nitrogen and oxygen atoms in total. The van der Waals surface area contributed by atoms with Crippen LogP contribution in [0.5, 0.6) is 0 Å². The van der Waals surface area contributed by atoms with Crippen molar-refractivity contribution in [1.29, 1.82) is 0 Å². The molecule has 1 N–H and O–H groups in total. The zero-order chi connectivity index (χ0) is 20.2. The number of nitrogens with zero attached hydrogens (tertiary/aromatic N) is 3. The first-order valence-corrected chi connectivity index (χ1v) is 10.9. The molecule has 150 valence electrons. The van der Waals surface area contributed by atoms with Crippen LogP contribution in [0, 0.1) is 13.8 Å². The second kappa shape index (κ2) is 8.69. The topological polar surface area (TPSA) is 72.4 Å². The third-order valence-electron chi connectivity index (χ3n) is 5.01. The summed E-state index contributed by atoms with van der Waals surface area (Å²) < 4.78 is 7.20. The number of amides is 1. The molecule has 3 aromatic heterocycles. The number of fused-ring (bicyclic) bond motifs is 3. The van der Waals surface area contributed by atoms with Crippen LogP contribution in [0.2, 0.25) is 0 Å². The summed E-state index contributed by atoms with van der Waals surface area (Å²) in [5, 5.41) is 8.73. The molecule has 0 radical (unpaired) electrons. The molecule has 3 heterocycles. The lowest BCUT2D eigenvalue weighted by Gasteiger charge is -2.11. The lowest BCUT2D eigenvalue weighted by Crippen LogP contribution is -2.26. The van der Waals surface area contributed by atoms with Crippen LogP contribution in [-0.2, 0) is 17.0 Å². The first-order valence-electron chi connectivity index (χ1n) is 9.74. The fourth-order valence-electron chi connectivity index (χ4n) is 3.50. The van der Waals surface area contributed by atoms with Crippen molar-refractivity contribution >= 4 is 34.2 Å². The monoisotopic (exact) mass is 408 g/mol. The Morgan fingerprint density at radius 2 is 2.07 bits per heavy atom. The highest BCUT2D eigenvalue weighted by Gasteiger charge is 2.14. The molecule has 0 bridgehead atoms. The van der Waals surface area contributed by atoms with E-state index in [2.05, 4.69) is 10.4 Å². The number of furan rings is 1. The molecule has 7 heteroatoms. The van der Waals surface area contributed by atoms with E-state index in [0.717, 1.165) is 50.8 Å². The van der Waals surface area contributed by atoms with E-state index in [1.54, 1.807) is 18.0 Å². The van der Waals surface area contributed by atoms with Crippen molar-refractivity contribution in [3.05, 3.63) is 65.4 Å². The molecule has 0 aliphatic heterocycles. The molecule has 0 saturated carbocycles. The fourth-order valence-corrected chi connectivity index (χ4v) is 4.25. The minimum Gasteiger partial charge on any atom is -0.468 e. The zero-order valence-corrected chi connectivity index (χ0v) is 17.5. The summed E-state index contributed by atoms with van der Waals surface area (Å²) in [6, 6.07) is 11.9. The Kier molecular flexibility index (Phi) is 5.85. The molecule has 29 heavy (non-hydrogen) atoms. The number of nitrogens with one attached hydrogen (secondary N) is 1. The summed E-state index contributed by atoms with van der Waals surface area (Å²) in [6.45, 7) is 4.71. The summed E-state index contributed by atoms with van der Waals surface area (Å²) >= 11 is 1.75. The van der Waals surface area contributed by atoms with Gasteiger partial charge in [-0.2, -0.15) is 16.9 Å². The summed E-state index contributed by atoms with van der Waals surface area (Å²) in [5.41, 5.74) is 4.91. The van der Waals surface area contributed by atoms with Crippen molar-refractivity contribution in [3.8, 4) is 0 Å². The number of rotatable bonds is 8. The Labute approximate surface area is 173 Å². The molecule has 4 aromatic rings. The molecule has 4 rings (SSSR count). The smallest absolute Gasteiger partial charge is 0.220 e. The molecule has 0 unspecified atom stereocenters. The van der Waals surface area contributed by atoms with Gasteiger partial charge in [-0.15, -0.1) is 0 Å². The second-order valence-corrected chi connectivity index (χ2v) is 8.10. The number of hydrogen-bond acceptors (Lipinski definition) is 5. The number of aromatic nitrogens is 3. The molecule has 0 aliphatic carbocycles. The summed E-state index contributed by atoms with van der Waals surface area (Å²) in [5.74, 6) is 2.71. The van der Waals surface area contributed by atoms with Gasteiger partial charge in [0.1, 0.15) is 5.76 Å². The van der Waals surface area contributed by atoms with Crippen LogP contribution in [0.3, 0.4) is 0 Å². The van der Waals surface area contributed by atoms with E-state index in [1.165, 1.54) is 0 Å². The zero-order valence-electron chi connectivity index (χ0n) is 16.6. The van der Waals surface area contributed by atoms with Crippen molar-refractivity contribution in [2.45, 2.75) is 32.4 Å². The van der Waals surface area contributed by atoms with Gasteiger partial charge in [0.25, 0.3) is 0 Å². The average Bonchev–Trinajstić information content (AvgIpc) is 3.36. The molecule has 0 spiro atoms. The van der Waals surface area contributed by atoms with Crippen LogP contribution in [0.4, 0.5) is 0 Å². The summed E-state index contributed by atoms with van der Waals surface area (Å²) in [6.07, 6.45) is 2.78. The van der Waals surface area contributed by atoms with E-state index >= 15 is 0 Å². The fraction of sp³-hybridized carbons (Fsp3) is 0.318. The first-order chi connectivity index (χ1) is 14.1. The van der Waals surface area contributed by atoms with E-state index in [0.29, 0.717) is 19.4 Å². The third-order valence-corrected chi connectivity index (χ3v) is 5.99. The molecule has 0 saturated heterocycles. The number of aryl methyl sites for hydroxylation is 2. The van der Waals surface area contributed by atoms with E-state index in [9.17, 15) is 4.79 Å². The lowest BCUT2D eigenvalue weighted by atomic mass is 10.1. The molecule has 1 aromatic carbocycles. The average molecular weight is 409 g/mol. The van der Waals surface area contributed by atoms with Crippen molar-refractivity contribution in [2.75, 3.05) is 12.3 Å². The molecule has 1 amide bonds. The van der Waals surface area contributed by atoms with Gasteiger partial charge in [-0.05, 0) is 50.1 Å². The predicted octanol–water partition coefficient (Wildman–Crippen LogP) is 4.07. The molecule has 0 fully saturated rings. The van der Waals surface area contributed by atoms with Crippen LogP contribution in [-0.4, -0.2) is 32.8 Å². The van der Waals surface area contributed by atoms with Gasteiger partial charge in [-0.25, -0.2) is 9.50 Å². The number of benzene rings is 1. The summed E-state index contributed by atoms with van der Waals surface area (Å²) in [4.78, 5) is 17.0. The Bertz CT molecular complexity index is 1130. The van der Waals surface area contributed by atoms with Crippen molar-refractivity contribution in [1.82, 2.24) is 19.9 Å². The van der Waals surface area contributed by atoms with Crippen molar-refractivity contribution < 1.29 is 9.21 Å². The normalized spacial score (nSPS) is 11.4. The van der Waals surface area contributed by atoms with E-state index in [-0.39, 0.29) is 5.91 Å². The predicted molar refractivity (Wildman–Crippen MR) is 116 cm³/mol. The molecule has 0 atom stereocenters. The number of carbonyl (C=O) groups is 1. The maximum absolute atomic E-state index is 12.3. The van der Waals surface area contributed by atoms with Gasteiger partial charge in [0.05, 0.1) is 17.5 Å². The van der Waals surface area contributed by atoms with Crippen LogP contribution in [0.15, 0.2) is 47.1 Å². The number of carbonyl (C=O) groups excluding carboxylic acids is 1. The largest absolute Gasteiger partial charge is 0.468 e. The van der Waals surface area contributed by atoms with Gasteiger partial charge in [-0.3, -0.25) is 4.79 Å². The highest BCUT2D eigenvalue weighted by atomic mass is 32.2. The Morgan fingerprint density at radius 3 is 2.90 bits per heavy atom. The summed E-state index contributed by atoms with van der Waals surface area (Å²) in [7, 11) is 0. The molecule has 0 aliphatic rings. The molecular weight excluding hydrogens is 384 g/mol. The van der Waals surface area contributed by atoms with Crippen LogP contribution in [0.25, 0.3) is 16.6 Å². The van der Waals surface area contributed by atoms with Gasteiger partial charge in [0, 0.05) is 35.5 Å². The van der Waals surface area contributed by atoms with Gasteiger partial charge in [0.2, 0.25) is 5.91 Å². The van der Waals surface area contributed by atoms with E-state index in [4.69, 9.17) is 9.40 Å². The van der Waals surface area contributed by atoms with Crippen molar-refractivity contribution in [2.24, 2.45) is 0 Å². The standard InChI is InChI=1S/C22H24N4O2S/c1-15-18(9-10-21(27)23-11-13-29-14-17-6-5-12-28-17)16(2)26-22(24-15)19-7-3-4-8-20(19)25-26/h3-8,12H,9-11,13-14H2,1-2H3,(H,23,27). The molecular formula is C22H24N4O2S. The highest BCUT2D eigenvalue weighted by molar-refractivity contribution is 7.98. The van der Waals surface area contributed by atoms with Crippen LogP contribution >= 0.6 is 11.8 Å². The Balaban J connectivity index is 1.34. The minimum absolute atomic E-state index is 0.0631. The first kappa shape index (κ1) is 19.5. The van der Waals surface area contributed by atoms with Gasteiger partial charge >= 0.3 is 0 Å². The second-order valence-electron chi connectivity index (χ2n) is 7.00.